The summed E-state index contributed by atoms with van der Waals surface area (Å²) >= 11 is 0. The van der Waals surface area contributed by atoms with E-state index in [0.717, 1.165) is 0 Å². The quantitative estimate of drug-likeness (QED) is 0.291. The van der Waals surface area contributed by atoms with Crippen LogP contribution >= 0.6 is 0 Å². The molecule has 0 aliphatic rings. The first-order chi connectivity index (χ1) is 10.8. The Hall–Kier alpha value is 0.102. The number of halogens is 4. The minimum atomic E-state index is -2.81. The number of rotatable bonds is 4. The molecule has 3 nitrogen and oxygen atoms in total. The monoisotopic (exact) mass is 390 g/mol. The van der Waals surface area contributed by atoms with Crippen molar-refractivity contribution < 1.29 is 62.2 Å². The Morgan fingerprint density at radius 3 is 1.20 bits per heavy atom. The Morgan fingerprint density at radius 1 is 0.760 bits per heavy atom. The molecule has 25 heavy (non-hydrogen) atoms. The van der Waals surface area contributed by atoms with Gasteiger partial charge in [-0.3, -0.25) is 8.78 Å². The van der Waals surface area contributed by atoms with Gasteiger partial charge in [0.15, 0.2) is 0 Å². The molecule has 1 rings (SSSR count). The van der Waals surface area contributed by atoms with Crippen LogP contribution in [0.3, 0.4) is 0 Å². The molecule has 0 aromatic heterocycles. The van der Waals surface area contributed by atoms with Gasteiger partial charge in [0.05, 0.1) is 8.07 Å². The van der Waals surface area contributed by atoms with Gasteiger partial charge in [0.2, 0.25) is 0 Å². The zero-order valence-corrected chi connectivity index (χ0v) is 18.7. The van der Waals surface area contributed by atoms with E-state index in [4.69, 9.17) is 15.1 Å². The summed E-state index contributed by atoms with van der Waals surface area (Å²) in [4.78, 5) is 0. The van der Waals surface area contributed by atoms with E-state index in [-0.39, 0.29) is 51.4 Å². The molecule has 0 saturated carbocycles. The second-order valence-electron chi connectivity index (χ2n) is 6.50. The first kappa shape index (κ1) is 27.3. The summed E-state index contributed by atoms with van der Waals surface area (Å²) in [5.41, 5.74) is -0.145. The van der Waals surface area contributed by atoms with Crippen molar-refractivity contribution in [2.45, 2.75) is 58.2 Å². The molecule has 0 atom stereocenters. The van der Waals surface area contributed by atoms with Crippen LogP contribution in [-0.2, 0) is 0 Å². The summed E-state index contributed by atoms with van der Waals surface area (Å²) in [6.45, 7) is 11.2. The Morgan fingerprint density at radius 2 is 1.00 bits per heavy atom. The fourth-order valence-corrected chi connectivity index (χ4v) is 10.5. The maximum Gasteiger partial charge on any atom is 1.00 e. The third-order valence-corrected chi connectivity index (χ3v) is 11.4. The van der Waals surface area contributed by atoms with Gasteiger partial charge in [0.25, 0.3) is 0 Å². The molecule has 0 bridgehead atoms. The van der Waals surface area contributed by atoms with Crippen molar-refractivity contribution in [2.75, 3.05) is 0 Å². The van der Waals surface area contributed by atoms with Gasteiger partial charge in [-0.25, -0.2) is 8.78 Å². The molecule has 1 aromatic carbocycles. The second-order valence-corrected chi connectivity index (χ2v) is 12.3. The Balaban J connectivity index is 0. The molecule has 0 heterocycles. The standard InChI is InChI=1S/C15H21F4Si.BH3O3.Na/c1-8(2)20(9(3)4,10(5)6)15-13(18)11(16)7-12(17)14(15)19;2-1(3)4;/h8-10H,1-6H3;2-4H;/q-1;;+1. The van der Waals surface area contributed by atoms with Gasteiger partial charge in [0.1, 0.15) is 0 Å². The van der Waals surface area contributed by atoms with E-state index in [0.29, 0.717) is 0 Å². The first-order valence-electron chi connectivity index (χ1n) is 7.61. The van der Waals surface area contributed by atoms with Gasteiger partial charge in [-0.15, -0.1) is 6.07 Å². The largest absolute Gasteiger partial charge is 1.00 e. The van der Waals surface area contributed by atoms with Crippen molar-refractivity contribution in [1.82, 2.24) is 0 Å². The van der Waals surface area contributed by atoms with Gasteiger partial charge in [-0.1, -0.05) is 46.7 Å². The molecule has 0 unspecified atom stereocenters. The predicted octanol–water partition coefficient (Wildman–Crippen LogP) is -0.119. The van der Waals surface area contributed by atoms with Crippen molar-refractivity contribution >= 4 is 20.6 Å². The van der Waals surface area contributed by atoms with E-state index in [9.17, 15) is 17.6 Å². The molecule has 0 amide bonds. The molecule has 0 radical (unpaired) electrons. The van der Waals surface area contributed by atoms with Crippen LogP contribution in [0.15, 0.2) is 0 Å². The summed E-state index contributed by atoms with van der Waals surface area (Å²) in [6, 6.07) is 1.47. The zero-order chi connectivity index (χ0) is 19.4. The second kappa shape index (κ2) is 11.1. The average Bonchev–Trinajstić information content (AvgIpc) is 2.39. The summed E-state index contributed by atoms with van der Waals surface area (Å²) < 4.78 is 55.5. The topological polar surface area (TPSA) is 60.7 Å². The third kappa shape index (κ3) is 6.05. The normalized spacial score (nSPS) is 11.4. The van der Waals surface area contributed by atoms with Gasteiger partial charge in [0, 0.05) is 23.3 Å². The minimum absolute atomic E-state index is 0. The smallest absolute Gasteiger partial charge is 0.402 e. The van der Waals surface area contributed by atoms with Crippen molar-refractivity contribution in [1.29, 1.82) is 0 Å². The van der Waals surface area contributed by atoms with Crippen molar-refractivity contribution in [3.63, 3.8) is 0 Å². The van der Waals surface area contributed by atoms with E-state index in [1.54, 1.807) is 0 Å². The summed E-state index contributed by atoms with van der Waals surface area (Å²) in [6.07, 6.45) is 0. The zero-order valence-electron chi connectivity index (χ0n) is 15.7. The maximum atomic E-state index is 14.2. The van der Waals surface area contributed by atoms with Crippen LogP contribution in [0.1, 0.15) is 41.5 Å². The fraction of sp³-hybridized carbons (Fsp3) is 0.600. The molecule has 0 aliphatic heterocycles. The third-order valence-electron chi connectivity index (χ3n) is 4.34. The minimum Gasteiger partial charge on any atom is -0.402 e. The summed E-state index contributed by atoms with van der Waals surface area (Å²) in [5, 5.41) is 21.1. The van der Waals surface area contributed by atoms with Crippen LogP contribution in [-0.4, -0.2) is 30.5 Å². The van der Waals surface area contributed by atoms with Gasteiger partial charge in [-0.2, -0.15) is 0 Å². The predicted molar refractivity (Wildman–Crippen MR) is 88.2 cm³/mol. The summed E-state index contributed by atoms with van der Waals surface area (Å²) in [5.74, 6) is -5.41. The van der Waals surface area contributed by atoms with E-state index < -0.39 is 38.7 Å². The van der Waals surface area contributed by atoms with Crippen molar-refractivity contribution in [3.8, 4) is 0 Å². The van der Waals surface area contributed by atoms with Crippen molar-refractivity contribution in [2.24, 2.45) is 0 Å². The number of hydrogen-bond acceptors (Lipinski definition) is 3. The Kier molecular flexibility index (Phi) is 12.1. The molecule has 0 fully saturated rings. The van der Waals surface area contributed by atoms with Crippen LogP contribution in [0.4, 0.5) is 17.6 Å². The molecule has 0 aliphatic carbocycles. The van der Waals surface area contributed by atoms with Gasteiger partial charge >= 0.3 is 36.9 Å². The Bertz CT molecular complexity index is 509. The molecule has 0 spiro atoms. The van der Waals surface area contributed by atoms with Gasteiger partial charge in [-0.05, 0) is 16.6 Å². The first-order valence-corrected chi connectivity index (χ1v) is 9.84. The molecule has 3 N–H and O–H groups in total. The van der Waals surface area contributed by atoms with Crippen LogP contribution in [0, 0.1) is 29.3 Å². The van der Waals surface area contributed by atoms with Crippen LogP contribution in [0.5, 0.6) is 0 Å². The molecular weight excluding hydrogens is 366 g/mol. The van der Waals surface area contributed by atoms with E-state index in [1.807, 2.05) is 41.5 Å². The molecule has 1 aromatic rings. The number of benzene rings is 1. The fourth-order valence-electron chi connectivity index (χ4n) is 3.77. The van der Waals surface area contributed by atoms with E-state index >= 15 is 0 Å². The van der Waals surface area contributed by atoms with Crippen LogP contribution < -0.4 is 34.7 Å². The SMILES string of the molecule is CC(C)[Si](c1c(F)c(F)[c-]c(F)c1F)(C(C)C)C(C)C.OB(O)O.[Na+]. The number of hydrogen-bond donors (Lipinski definition) is 3. The van der Waals surface area contributed by atoms with Gasteiger partial charge < -0.3 is 15.1 Å². The summed E-state index contributed by atoms with van der Waals surface area (Å²) in [7, 11) is -4.97. The van der Waals surface area contributed by atoms with E-state index in [1.165, 1.54) is 6.07 Å². The molecule has 10 heteroatoms. The van der Waals surface area contributed by atoms with Crippen LogP contribution in [0.2, 0.25) is 16.6 Å². The average molecular weight is 390 g/mol. The molecule has 138 valence electrons. The maximum absolute atomic E-state index is 14.2. The van der Waals surface area contributed by atoms with Crippen molar-refractivity contribution in [3.05, 3.63) is 29.3 Å². The Labute approximate surface area is 169 Å². The molecule has 0 saturated heterocycles. The van der Waals surface area contributed by atoms with Crippen LogP contribution in [0.25, 0.3) is 0 Å². The van der Waals surface area contributed by atoms with E-state index in [2.05, 4.69) is 0 Å². The molecular formula is C15H24BF4NaO3Si.